The van der Waals surface area contributed by atoms with Crippen LogP contribution in [0.1, 0.15) is 12.1 Å². The van der Waals surface area contributed by atoms with E-state index < -0.39 is 0 Å². The molecule has 1 amide bonds. The maximum Gasteiger partial charge on any atom is 0.254 e. The normalized spacial score (nSPS) is 15.1. The molecule has 0 aliphatic carbocycles. The number of benzene rings is 1. The number of aromatic nitrogens is 1. The van der Waals surface area contributed by atoms with Gasteiger partial charge in [0, 0.05) is 49.7 Å². The van der Waals surface area contributed by atoms with Crippen molar-refractivity contribution in [3.05, 3.63) is 65.6 Å². The molecule has 1 aliphatic rings. The SMILES string of the molecule is COc1cccc(NC(=O)C2=C(N)CCN(Cc3ccccn3)C2)c1. The fraction of sp³-hybridized carbons (Fsp3) is 0.263. The van der Waals surface area contributed by atoms with Crippen molar-refractivity contribution in [2.24, 2.45) is 5.73 Å². The summed E-state index contributed by atoms with van der Waals surface area (Å²) < 4.78 is 5.18. The molecule has 130 valence electrons. The number of nitrogens with one attached hydrogen (secondary N) is 1. The van der Waals surface area contributed by atoms with E-state index >= 15 is 0 Å². The van der Waals surface area contributed by atoms with Crippen LogP contribution in [0.5, 0.6) is 5.75 Å². The average molecular weight is 338 g/mol. The molecule has 3 rings (SSSR count). The van der Waals surface area contributed by atoms with Gasteiger partial charge in [-0.05, 0) is 24.3 Å². The van der Waals surface area contributed by atoms with Crippen LogP contribution in [-0.4, -0.2) is 36.0 Å². The smallest absolute Gasteiger partial charge is 0.254 e. The predicted octanol–water partition coefficient (Wildman–Crippen LogP) is 2.15. The molecule has 1 aliphatic heterocycles. The van der Waals surface area contributed by atoms with Gasteiger partial charge in [-0.2, -0.15) is 0 Å². The molecule has 25 heavy (non-hydrogen) atoms. The summed E-state index contributed by atoms with van der Waals surface area (Å²) >= 11 is 0. The van der Waals surface area contributed by atoms with Crippen molar-refractivity contribution >= 4 is 11.6 Å². The molecule has 1 aromatic heterocycles. The van der Waals surface area contributed by atoms with E-state index in [1.54, 1.807) is 19.4 Å². The zero-order chi connectivity index (χ0) is 17.6. The third-order valence-corrected chi connectivity index (χ3v) is 4.18. The largest absolute Gasteiger partial charge is 0.497 e. The highest BCUT2D eigenvalue weighted by Crippen LogP contribution is 2.20. The molecule has 0 unspecified atom stereocenters. The van der Waals surface area contributed by atoms with Crippen LogP contribution in [0.15, 0.2) is 59.9 Å². The fourth-order valence-electron chi connectivity index (χ4n) is 2.81. The van der Waals surface area contributed by atoms with E-state index in [4.69, 9.17) is 10.5 Å². The van der Waals surface area contributed by atoms with Gasteiger partial charge in [-0.3, -0.25) is 14.7 Å². The Morgan fingerprint density at radius 3 is 2.96 bits per heavy atom. The molecule has 0 radical (unpaired) electrons. The van der Waals surface area contributed by atoms with Gasteiger partial charge in [0.15, 0.2) is 0 Å². The van der Waals surface area contributed by atoms with E-state index in [-0.39, 0.29) is 5.91 Å². The minimum Gasteiger partial charge on any atom is -0.497 e. The fourth-order valence-corrected chi connectivity index (χ4v) is 2.81. The molecular formula is C19H22N4O2. The van der Waals surface area contributed by atoms with Crippen molar-refractivity contribution in [1.29, 1.82) is 0 Å². The summed E-state index contributed by atoms with van der Waals surface area (Å²) in [5, 5.41) is 2.90. The lowest BCUT2D eigenvalue weighted by Crippen LogP contribution is -2.37. The Morgan fingerprint density at radius 2 is 2.20 bits per heavy atom. The van der Waals surface area contributed by atoms with Crippen molar-refractivity contribution in [1.82, 2.24) is 9.88 Å². The topological polar surface area (TPSA) is 80.5 Å². The van der Waals surface area contributed by atoms with Crippen LogP contribution < -0.4 is 15.8 Å². The molecule has 6 nitrogen and oxygen atoms in total. The number of hydrogen-bond donors (Lipinski definition) is 2. The average Bonchev–Trinajstić information content (AvgIpc) is 2.64. The monoisotopic (exact) mass is 338 g/mol. The van der Waals surface area contributed by atoms with E-state index in [0.717, 1.165) is 12.2 Å². The maximum atomic E-state index is 12.6. The first-order valence-electron chi connectivity index (χ1n) is 8.21. The molecule has 0 saturated heterocycles. The number of nitrogens with zero attached hydrogens (tertiary/aromatic N) is 2. The number of carbonyl (C=O) groups excluding carboxylic acids is 1. The molecule has 6 heteroatoms. The zero-order valence-electron chi connectivity index (χ0n) is 14.2. The standard InChI is InChI=1S/C19H22N4O2/c1-25-16-7-4-6-14(11-16)22-19(24)17-13-23(10-8-18(17)20)12-15-5-2-3-9-21-15/h2-7,9,11H,8,10,12-13,20H2,1H3,(H,22,24). The number of anilines is 1. The summed E-state index contributed by atoms with van der Waals surface area (Å²) in [6.07, 6.45) is 2.45. The Bertz CT molecular complexity index is 774. The van der Waals surface area contributed by atoms with Crippen LogP contribution in [-0.2, 0) is 11.3 Å². The van der Waals surface area contributed by atoms with Crippen LogP contribution >= 0.6 is 0 Å². The van der Waals surface area contributed by atoms with E-state index in [0.29, 0.717) is 42.2 Å². The van der Waals surface area contributed by atoms with Crippen molar-refractivity contribution in [2.45, 2.75) is 13.0 Å². The summed E-state index contributed by atoms with van der Waals surface area (Å²) in [7, 11) is 1.60. The molecule has 0 bridgehead atoms. The van der Waals surface area contributed by atoms with Crippen molar-refractivity contribution < 1.29 is 9.53 Å². The van der Waals surface area contributed by atoms with Crippen LogP contribution in [0.3, 0.4) is 0 Å². The quantitative estimate of drug-likeness (QED) is 0.873. The van der Waals surface area contributed by atoms with Gasteiger partial charge < -0.3 is 15.8 Å². The Labute approximate surface area is 147 Å². The van der Waals surface area contributed by atoms with Crippen molar-refractivity contribution in [2.75, 3.05) is 25.5 Å². The third-order valence-electron chi connectivity index (χ3n) is 4.18. The van der Waals surface area contributed by atoms with Gasteiger partial charge in [0.1, 0.15) is 5.75 Å². The van der Waals surface area contributed by atoms with E-state index in [1.807, 2.05) is 36.4 Å². The Balaban J connectivity index is 1.68. The molecular weight excluding hydrogens is 316 g/mol. The maximum absolute atomic E-state index is 12.6. The van der Waals surface area contributed by atoms with Crippen molar-refractivity contribution in [3.63, 3.8) is 0 Å². The highest BCUT2D eigenvalue weighted by atomic mass is 16.5. The molecule has 0 fully saturated rings. The summed E-state index contributed by atoms with van der Waals surface area (Å²) in [5.41, 5.74) is 9.03. The van der Waals surface area contributed by atoms with E-state index in [9.17, 15) is 4.79 Å². The summed E-state index contributed by atoms with van der Waals surface area (Å²) in [6.45, 7) is 2.03. The number of methoxy groups -OCH3 is 1. The van der Waals surface area contributed by atoms with E-state index in [2.05, 4.69) is 15.2 Å². The number of carbonyl (C=O) groups is 1. The third kappa shape index (κ3) is 4.36. The number of pyridine rings is 1. The Morgan fingerprint density at radius 1 is 1.32 bits per heavy atom. The number of hydrogen-bond acceptors (Lipinski definition) is 5. The molecule has 3 N–H and O–H groups in total. The predicted molar refractivity (Wildman–Crippen MR) is 97.0 cm³/mol. The van der Waals surface area contributed by atoms with Gasteiger partial charge in [0.25, 0.3) is 5.91 Å². The second kappa shape index (κ2) is 7.81. The molecule has 0 spiro atoms. The van der Waals surface area contributed by atoms with Gasteiger partial charge in [0.2, 0.25) is 0 Å². The molecule has 0 saturated carbocycles. The number of rotatable bonds is 5. The van der Waals surface area contributed by atoms with Gasteiger partial charge in [0.05, 0.1) is 18.4 Å². The minimum absolute atomic E-state index is 0.170. The second-order valence-corrected chi connectivity index (χ2v) is 5.97. The van der Waals surface area contributed by atoms with Crippen LogP contribution in [0.25, 0.3) is 0 Å². The number of ether oxygens (including phenoxy) is 1. The van der Waals surface area contributed by atoms with Crippen LogP contribution in [0, 0.1) is 0 Å². The summed E-state index contributed by atoms with van der Waals surface area (Å²) in [6, 6.07) is 13.1. The number of amides is 1. The second-order valence-electron chi connectivity index (χ2n) is 5.97. The lowest BCUT2D eigenvalue weighted by molar-refractivity contribution is -0.113. The van der Waals surface area contributed by atoms with Gasteiger partial charge in [-0.1, -0.05) is 12.1 Å². The van der Waals surface area contributed by atoms with Crippen molar-refractivity contribution in [3.8, 4) is 5.75 Å². The summed E-state index contributed by atoms with van der Waals surface area (Å²) in [5.74, 6) is 0.525. The first-order chi connectivity index (χ1) is 12.2. The highest BCUT2D eigenvalue weighted by molar-refractivity contribution is 6.04. The highest BCUT2D eigenvalue weighted by Gasteiger charge is 2.23. The molecule has 2 heterocycles. The van der Waals surface area contributed by atoms with Crippen LogP contribution in [0.4, 0.5) is 5.69 Å². The van der Waals surface area contributed by atoms with E-state index in [1.165, 1.54) is 0 Å². The van der Waals surface area contributed by atoms with Crippen LogP contribution in [0.2, 0.25) is 0 Å². The van der Waals surface area contributed by atoms with Gasteiger partial charge >= 0.3 is 0 Å². The van der Waals surface area contributed by atoms with Gasteiger partial charge in [-0.25, -0.2) is 0 Å². The summed E-state index contributed by atoms with van der Waals surface area (Å²) in [4.78, 5) is 19.2. The Kier molecular flexibility index (Phi) is 5.30. The first-order valence-corrected chi connectivity index (χ1v) is 8.21. The molecule has 1 aromatic carbocycles. The molecule has 2 aromatic rings. The number of nitrogens with two attached hydrogens (primary N) is 1. The first kappa shape index (κ1) is 17.0. The Hall–Kier alpha value is -2.86. The lowest BCUT2D eigenvalue weighted by atomic mass is 10.1. The van der Waals surface area contributed by atoms with Gasteiger partial charge in [-0.15, -0.1) is 0 Å². The zero-order valence-corrected chi connectivity index (χ0v) is 14.2. The molecule has 0 atom stereocenters. The minimum atomic E-state index is -0.170. The lowest BCUT2D eigenvalue weighted by Gasteiger charge is -2.28.